The smallest absolute Gasteiger partial charge is 0.247 e. The van der Waals surface area contributed by atoms with Gasteiger partial charge in [-0.25, -0.2) is 9.55 Å². The molecule has 0 saturated carbocycles. The van der Waals surface area contributed by atoms with Crippen molar-refractivity contribution in [3.63, 3.8) is 0 Å². The summed E-state index contributed by atoms with van der Waals surface area (Å²) >= 11 is 0. The fraction of sp³-hybridized carbons (Fsp3) is 0.917. The summed E-state index contributed by atoms with van der Waals surface area (Å²) in [6.45, 7) is 9.40. The number of nitrogens with one attached hydrogen (secondary N) is 1. The lowest BCUT2D eigenvalue weighted by atomic mass is 9.92. The van der Waals surface area contributed by atoms with E-state index in [9.17, 15) is 0 Å². The minimum absolute atomic E-state index is 0.622. The first-order valence-electron chi connectivity index (χ1n) is 17.8. The van der Waals surface area contributed by atoms with Gasteiger partial charge in [0.15, 0.2) is 0 Å². The van der Waals surface area contributed by atoms with Crippen LogP contribution in [0.15, 0.2) is 12.4 Å². The molecule has 2 nitrogen and oxygen atoms in total. The Morgan fingerprint density at radius 3 is 1.24 bits per heavy atom. The van der Waals surface area contributed by atoms with Crippen LogP contribution in [0.25, 0.3) is 0 Å². The van der Waals surface area contributed by atoms with Gasteiger partial charge >= 0.3 is 0 Å². The monoisotopic (exact) mass is 532 g/mol. The van der Waals surface area contributed by atoms with Crippen molar-refractivity contribution in [2.24, 2.45) is 0 Å². The predicted octanol–water partition coefficient (Wildman–Crippen LogP) is 12.5. The Labute approximate surface area is 240 Å². The molecule has 0 fully saturated rings. The van der Waals surface area contributed by atoms with Crippen molar-refractivity contribution in [2.75, 3.05) is 0 Å². The molecule has 2 atom stereocenters. The third-order valence-electron chi connectivity index (χ3n) is 8.89. The number of unbranched alkanes of at least 4 members (excludes halogenated alkanes) is 21. The SMILES string of the molecule is CCCCCCCCCCCCCC(CCCCCCCC)c1[nH]cc[n+]1C(C)CCCCCCCCC. The van der Waals surface area contributed by atoms with Crippen LogP contribution in [-0.2, 0) is 0 Å². The van der Waals surface area contributed by atoms with E-state index in [4.69, 9.17) is 0 Å². The molecule has 1 heterocycles. The maximum absolute atomic E-state index is 3.73. The van der Waals surface area contributed by atoms with Gasteiger partial charge in [-0.3, -0.25) is 0 Å². The minimum atomic E-state index is 0.622. The van der Waals surface area contributed by atoms with E-state index in [0.717, 1.165) is 0 Å². The molecule has 1 aromatic rings. The average molecular weight is 532 g/mol. The molecule has 0 bridgehead atoms. The number of nitrogens with zero attached hydrogens (tertiary/aromatic N) is 1. The molecule has 0 saturated heterocycles. The third-order valence-corrected chi connectivity index (χ3v) is 8.89. The molecule has 224 valence electrons. The van der Waals surface area contributed by atoms with E-state index in [-0.39, 0.29) is 0 Å². The van der Waals surface area contributed by atoms with Gasteiger partial charge < -0.3 is 0 Å². The van der Waals surface area contributed by atoms with E-state index in [1.165, 1.54) is 179 Å². The van der Waals surface area contributed by atoms with Crippen LogP contribution in [0.5, 0.6) is 0 Å². The molecule has 1 N–H and O–H groups in total. The highest BCUT2D eigenvalue weighted by molar-refractivity contribution is 4.90. The Bertz CT molecular complexity index is 592. The fourth-order valence-corrected chi connectivity index (χ4v) is 6.25. The zero-order chi connectivity index (χ0) is 27.5. The van der Waals surface area contributed by atoms with E-state index < -0.39 is 0 Å². The molecular weight excluding hydrogens is 460 g/mol. The molecule has 0 aliphatic carbocycles. The molecule has 1 rings (SSSR count). The molecule has 1 aromatic heterocycles. The maximum atomic E-state index is 3.73. The van der Waals surface area contributed by atoms with Gasteiger partial charge in [-0.1, -0.05) is 168 Å². The molecular formula is C36H71N2+. The highest BCUT2D eigenvalue weighted by atomic mass is 15.1. The Balaban J connectivity index is 2.44. The van der Waals surface area contributed by atoms with Crippen molar-refractivity contribution in [1.82, 2.24) is 4.98 Å². The summed E-state index contributed by atoms with van der Waals surface area (Å²) in [7, 11) is 0. The van der Waals surface area contributed by atoms with Crippen LogP contribution in [0.2, 0.25) is 0 Å². The summed E-state index contributed by atoms with van der Waals surface area (Å²) in [6, 6.07) is 0.622. The van der Waals surface area contributed by atoms with Crippen LogP contribution in [0.4, 0.5) is 0 Å². The summed E-state index contributed by atoms with van der Waals surface area (Å²) in [5.74, 6) is 2.24. The normalized spacial score (nSPS) is 13.3. The van der Waals surface area contributed by atoms with E-state index in [0.29, 0.717) is 12.0 Å². The van der Waals surface area contributed by atoms with E-state index in [1.54, 1.807) is 0 Å². The lowest BCUT2D eigenvalue weighted by molar-refractivity contribution is -0.727. The molecule has 0 aliphatic heterocycles. The number of imidazole rings is 1. The molecule has 2 heteroatoms. The van der Waals surface area contributed by atoms with Gasteiger partial charge in [0.2, 0.25) is 0 Å². The molecule has 0 aromatic carbocycles. The van der Waals surface area contributed by atoms with Crippen LogP contribution < -0.4 is 4.57 Å². The summed E-state index contributed by atoms with van der Waals surface area (Å²) < 4.78 is 2.62. The zero-order valence-electron chi connectivity index (χ0n) is 26.8. The number of aromatic amines is 1. The first-order chi connectivity index (χ1) is 18.7. The first-order valence-corrected chi connectivity index (χ1v) is 17.8. The van der Waals surface area contributed by atoms with Crippen molar-refractivity contribution < 1.29 is 4.57 Å². The number of aromatic nitrogens is 2. The highest BCUT2D eigenvalue weighted by Crippen LogP contribution is 2.27. The Morgan fingerprint density at radius 1 is 0.500 bits per heavy atom. The van der Waals surface area contributed by atoms with Gasteiger partial charge in [-0.2, -0.15) is 0 Å². The minimum Gasteiger partial charge on any atom is -0.247 e. The van der Waals surface area contributed by atoms with Crippen molar-refractivity contribution in [1.29, 1.82) is 0 Å². The first kappa shape index (κ1) is 35.2. The number of hydrogen-bond acceptors (Lipinski definition) is 0. The lowest BCUT2D eigenvalue weighted by Crippen LogP contribution is -2.41. The van der Waals surface area contributed by atoms with Crippen LogP contribution in [0.3, 0.4) is 0 Å². The van der Waals surface area contributed by atoms with E-state index in [2.05, 4.69) is 49.6 Å². The second-order valence-electron chi connectivity index (χ2n) is 12.6. The van der Waals surface area contributed by atoms with Crippen LogP contribution in [0.1, 0.15) is 219 Å². The lowest BCUT2D eigenvalue weighted by Gasteiger charge is -2.17. The quantitative estimate of drug-likeness (QED) is 0.0783. The summed E-state index contributed by atoms with van der Waals surface area (Å²) in [5, 5.41) is 0. The van der Waals surface area contributed by atoms with Crippen molar-refractivity contribution in [3.8, 4) is 0 Å². The highest BCUT2D eigenvalue weighted by Gasteiger charge is 2.25. The van der Waals surface area contributed by atoms with Crippen molar-refractivity contribution in [3.05, 3.63) is 18.2 Å². The van der Waals surface area contributed by atoms with Gasteiger partial charge in [0, 0.05) is 0 Å². The molecule has 0 aliphatic rings. The van der Waals surface area contributed by atoms with Crippen molar-refractivity contribution >= 4 is 0 Å². The Morgan fingerprint density at radius 2 is 0.842 bits per heavy atom. The molecule has 0 spiro atoms. The summed E-state index contributed by atoms with van der Waals surface area (Å²) in [5.41, 5.74) is 0. The molecule has 2 unspecified atom stereocenters. The maximum Gasteiger partial charge on any atom is 0.257 e. The second-order valence-corrected chi connectivity index (χ2v) is 12.6. The van der Waals surface area contributed by atoms with Gasteiger partial charge in [0.05, 0.1) is 12.0 Å². The van der Waals surface area contributed by atoms with Crippen LogP contribution >= 0.6 is 0 Å². The second kappa shape index (κ2) is 26.4. The van der Waals surface area contributed by atoms with E-state index in [1.807, 2.05) is 0 Å². The summed E-state index contributed by atoms with van der Waals surface area (Å²) in [4.78, 5) is 3.73. The zero-order valence-corrected chi connectivity index (χ0v) is 26.8. The third kappa shape index (κ3) is 18.5. The molecule has 0 amide bonds. The number of H-pyrrole nitrogens is 1. The topological polar surface area (TPSA) is 19.7 Å². The number of rotatable bonds is 29. The van der Waals surface area contributed by atoms with Gasteiger partial charge in [0.1, 0.15) is 12.4 Å². The van der Waals surface area contributed by atoms with Gasteiger partial charge in [-0.05, 0) is 32.6 Å². The average Bonchev–Trinajstić information content (AvgIpc) is 3.42. The van der Waals surface area contributed by atoms with Gasteiger partial charge in [0.25, 0.3) is 5.82 Å². The Kier molecular flexibility index (Phi) is 24.5. The summed E-state index contributed by atoms with van der Waals surface area (Å²) in [6.07, 6.45) is 42.7. The predicted molar refractivity (Wildman–Crippen MR) is 170 cm³/mol. The molecule has 38 heavy (non-hydrogen) atoms. The fourth-order valence-electron chi connectivity index (χ4n) is 6.25. The number of hydrogen-bond donors (Lipinski definition) is 1. The Hall–Kier alpha value is -0.790. The van der Waals surface area contributed by atoms with Crippen LogP contribution in [-0.4, -0.2) is 4.98 Å². The van der Waals surface area contributed by atoms with Gasteiger partial charge in [-0.15, -0.1) is 0 Å². The standard InChI is InChI=1S/C36H70N2/c1-5-8-11-14-17-18-19-20-22-25-28-31-35(30-27-24-16-13-10-7-3)36-37-32-33-38(36)34(4)29-26-23-21-15-12-9-6-2/h32-35H,5-31H2,1-4H3/p+1. The van der Waals surface area contributed by atoms with Crippen molar-refractivity contribution in [2.45, 2.75) is 213 Å². The van der Waals surface area contributed by atoms with Crippen LogP contribution in [0, 0.1) is 0 Å². The molecule has 0 radical (unpaired) electrons. The van der Waals surface area contributed by atoms with E-state index >= 15 is 0 Å². The largest absolute Gasteiger partial charge is 0.257 e.